The highest BCUT2D eigenvalue weighted by atomic mass is 32.1. The second kappa shape index (κ2) is 7.91. The van der Waals surface area contributed by atoms with Crippen molar-refractivity contribution in [3.8, 4) is 22.1 Å². The van der Waals surface area contributed by atoms with Crippen LogP contribution in [0, 0.1) is 20.8 Å². The van der Waals surface area contributed by atoms with Crippen LogP contribution in [0.15, 0.2) is 23.0 Å². The molecule has 0 bridgehead atoms. The molecule has 0 fully saturated rings. The summed E-state index contributed by atoms with van der Waals surface area (Å²) >= 11 is 1.21. The number of aromatic nitrogens is 3. The minimum atomic E-state index is -0.245. The van der Waals surface area contributed by atoms with Crippen LogP contribution in [0.2, 0.25) is 0 Å². The number of fused-ring (bicyclic) bond motifs is 1. The van der Waals surface area contributed by atoms with E-state index in [9.17, 15) is 9.59 Å². The zero-order valence-electron chi connectivity index (χ0n) is 17.2. The van der Waals surface area contributed by atoms with Crippen LogP contribution in [0.3, 0.4) is 0 Å². The van der Waals surface area contributed by atoms with Crippen molar-refractivity contribution < 1.29 is 14.3 Å². The summed E-state index contributed by atoms with van der Waals surface area (Å²) in [6.45, 7) is 6.75. The quantitative estimate of drug-likeness (QED) is 0.689. The van der Waals surface area contributed by atoms with E-state index in [0.717, 1.165) is 16.8 Å². The number of thiazole rings is 1. The molecule has 1 N–H and O–H groups in total. The van der Waals surface area contributed by atoms with Crippen LogP contribution >= 0.6 is 11.3 Å². The van der Waals surface area contributed by atoms with Crippen molar-refractivity contribution >= 4 is 17.2 Å². The van der Waals surface area contributed by atoms with Crippen molar-refractivity contribution in [3.05, 3.63) is 55.9 Å². The maximum absolute atomic E-state index is 12.8. The monoisotopic (exact) mass is 426 g/mol. The van der Waals surface area contributed by atoms with Crippen molar-refractivity contribution in [2.45, 2.75) is 27.3 Å². The van der Waals surface area contributed by atoms with Gasteiger partial charge in [0.25, 0.3) is 11.5 Å². The van der Waals surface area contributed by atoms with Gasteiger partial charge in [-0.25, -0.2) is 9.67 Å². The van der Waals surface area contributed by atoms with Crippen LogP contribution in [0.1, 0.15) is 32.2 Å². The first-order valence-electron chi connectivity index (χ1n) is 9.54. The number of amides is 1. The second-order valence-electron chi connectivity index (χ2n) is 7.07. The molecule has 0 saturated carbocycles. The van der Waals surface area contributed by atoms with Crippen LogP contribution < -0.4 is 20.3 Å². The molecule has 30 heavy (non-hydrogen) atoms. The molecule has 0 radical (unpaired) electrons. The largest absolute Gasteiger partial charge is 0.486 e. The fourth-order valence-corrected chi connectivity index (χ4v) is 4.42. The molecule has 1 aromatic carbocycles. The molecule has 1 aliphatic rings. The molecule has 0 saturated heterocycles. The van der Waals surface area contributed by atoms with Gasteiger partial charge >= 0.3 is 0 Å². The SMILES string of the molecule is Cc1nc(-c2c(C)c(C)nn(C)c2=O)sc1C(=O)NCc1cccc2c1OCCO2. The molecule has 0 atom stereocenters. The van der Waals surface area contributed by atoms with Gasteiger partial charge in [0.15, 0.2) is 11.5 Å². The van der Waals surface area contributed by atoms with Crippen LogP contribution in [0.4, 0.5) is 0 Å². The summed E-state index contributed by atoms with van der Waals surface area (Å²) in [5.74, 6) is 1.10. The highest BCUT2D eigenvalue weighted by molar-refractivity contribution is 7.17. The lowest BCUT2D eigenvalue weighted by molar-refractivity contribution is 0.0953. The molecule has 2 aromatic heterocycles. The Kier molecular flexibility index (Phi) is 5.29. The lowest BCUT2D eigenvalue weighted by Gasteiger charge is -2.21. The third-order valence-corrected chi connectivity index (χ3v) is 6.20. The predicted octanol–water partition coefficient (Wildman–Crippen LogP) is 2.53. The van der Waals surface area contributed by atoms with Crippen molar-refractivity contribution in [2.24, 2.45) is 7.05 Å². The Labute approximate surface area is 177 Å². The van der Waals surface area contributed by atoms with E-state index < -0.39 is 0 Å². The molecule has 9 heteroatoms. The average Bonchev–Trinajstić information content (AvgIpc) is 3.12. The number of benzene rings is 1. The van der Waals surface area contributed by atoms with Gasteiger partial charge in [0.2, 0.25) is 0 Å². The Morgan fingerprint density at radius 2 is 1.97 bits per heavy atom. The molecular formula is C21H22N4O4S. The number of nitrogens with zero attached hydrogens (tertiary/aromatic N) is 3. The zero-order valence-corrected chi connectivity index (χ0v) is 18.1. The van der Waals surface area contributed by atoms with E-state index in [2.05, 4.69) is 15.4 Å². The fraction of sp³-hybridized carbons (Fsp3) is 0.333. The lowest BCUT2D eigenvalue weighted by Crippen LogP contribution is -2.24. The number of hydrogen-bond acceptors (Lipinski definition) is 7. The van der Waals surface area contributed by atoms with Gasteiger partial charge < -0.3 is 14.8 Å². The van der Waals surface area contributed by atoms with E-state index in [1.807, 2.05) is 32.0 Å². The molecule has 1 aliphatic heterocycles. The zero-order chi connectivity index (χ0) is 21.4. The maximum Gasteiger partial charge on any atom is 0.277 e. The molecule has 3 aromatic rings. The first kappa shape index (κ1) is 20.1. The van der Waals surface area contributed by atoms with Gasteiger partial charge in [0, 0.05) is 19.2 Å². The molecule has 3 heterocycles. The summed E-state index contributed by atoms with van der Waals surface area (Å²) in [4.78, 5) is 30.4. The van der Waals surface area contributed by atoms with Crippen molar-refractivity contribution in [1.82, 2.24) is 20.1 Å². The third kappa shape index (κ3) is 3.56. The summed E-state index contributed by atoms with van der Waals surface area (Å²) < 4.78 is 12.6. The minimum absolute atomic E-state index is 0.230. The first-order valence-corrected chi connectivity index (χ1v) is 10.4. The van der Waals surface area contributed by atoms with Gasteiger partial charge in [0.05, 0.1) is 17.0 Å². The fourth-order valence-electron chi connectivity index (χ4n) is 3.34. The van der Waals surface area contributed by atoms with E-state index in [4.69, 9.17) is 9.47 Å². The number of carbonyl (C=O) groups is 1. The first-order chi connectivity index (χ1) is 14.4. The third-order valence-electron chi connectivity index (χ3n) is 5.03. The highest BCUT2D eigenvalue weighted by Crippen LogP contribution is 2.34. The molecule has 156 valence electrons. The number of rotatable bonds is 4. The number of para-hydroxylation sites is 1. The van der Waals surface area contributed by atoms with Crippen LogP contribution in [-0.2, 0) is 13.6 Å². The Bertz CT molecular complexity index is 1200. The smallest absolute Gasteiger partial charge is 0.277 e. The van der Waals surface area contributed by atoms with Crippen molar-refractivity contribution in [3.63, 3.8) is 0 Å². The van der Waals surface area contributed by atoms with Gasteiger partial charge in [-0.2, -0.15) is 5.10 Å². The summed E-state index contributed by atoms with van der Waals surface area (Å²) in [7, 11) is 1.61. The summed E-state index contributed by atoms with van der Waals surface area (Å²) in [5.41, 5.74) is 3.20. The minimum Gasteiger partial charge on any atom is -0.486 e. The Balaban J connectivity index is 1.59. The van der Waals surface area contributed by atoms with Crippen molar-refractivity contribution in [1.29, 1.82) is 0 Å². The highest BCUT2D eigenvalue weighted by Gasteiger charge is 2.22. The van der Waals surface area contributed by atoms with Gasteiger partial charge in [-0.1, -0.05) is 12.1 Å². The van der Waals surface area contributed by atoms with E-state index in [-0.39, 0.29) is 11.5 Å². The molecule has 8 nitrogen and oxygen atoms in total. The number of hydrogen-bond donors (Lipinski definition) is 1. The van der Waals surface area contributed by atoms with E-state index >= 15 is 0 Å². The number of ether oxygens (including phenoxy) is 2. The average molecular weight is 426 g/mol. The lowest BCUT2D eigenvalue weighted by atomic mass is 10.1. The molecule has 4 rings (SSSR count). The second-order valence-corrected chi connectivity index (χ2v) is 8.07. The summed E-state index contributed by atoms with van der Waals surface area (Å²) in [6.07, 6.45) is 0. The molecule has 1 amide bonds. The maximum atomic E-state index is 12.8. The number of nitrogens with one attached hydrogen (secondary N) is 1. The molecular weight excluding hydrogens is 404 g/mol. The summed E-state index contributed by atoms with van der Waals surface area (Å²) in [5, 5.41) is 7.65. The van der Waals surface area contributed by atoms with E-state index in [0.29, 0.717) is 52.4 Å². The number of carbonyl (C=O) groups excluding carboxylic acids is 1. The Hall–Kier alpha value is -3.20. The topological polar surface area (TPSA) is 95.3 Å². The molecule has 0 aliphatic carbocycles. The van der Waals surface area contributed by atoms with Gasteiger partial charge in [-0.15, -0.1) is 11.3 Å². The van der Waals surface area contributed by atoms with E-state index in [1.54, 1.807) is 14.0 Å². The molecule has 0 unspecified atom stereocenters. The van der Waals surface area contributed by atoms with E-state index in [1.165, 1.54) is 16.0 Å². The van der Waals surface area contributed by atoms with Crippen LogP contribution in [-0.4, -0.2) is 33.9 Å². The number of aryl methyl sites for hydroxylation is 3. The molecule has 0 spiro atoms. The van der Waals surface area contributed by atoms with Crippen LogP contribution in [0.25, 0.3) is 10.6 Å². The van der Waals surface area contributed by atoms with Gasteiger partial charge in [-0.05, 0) is 32.4 Å². The van der Waals surface area contributed by atoms with Gasteiger partial charge in [0.1, 0.15) is 23.1 Å². The van der Waals surface area contributed by atoms with Crippen molar-refractivity contribution in [2.75, 3.05) is 13.2 Å². The van der Waals surface area contributed by atoms with Gasteiger partial charge in [-0.3, -0.25) is 9.59 Å². The standard InChI is InChI=1S/C21H22N4O4S/c1-11-12(2)24-25(4)21(27)16(11)20-23-13(3)18(30-20)19(26)22-10-14-6-5-7-15-17(14)29-9-8-28-15/h5-7H,8-10H2,1-4H3,(H,22,26). The Morgan fingerprint density at radius 3 is 2.77 bits per heavy atom. The summed E-state index contributed by atoms with van der Waals surface area (Å²) in [6, 6.07) is 5.61. The normalized spacial score (nSPS) is 12.7. The van der Waals surface area contributed by atoms with Crippen LogP contribution in [0.5, 0.6) is 11.5 Å². The predicted molar refractivity (Wildman–Crippen MR) is 113 cm³/mol. The Morgan fingerprint density at radius 1 is 1.20 bits per heavy atom.